The van der Waals surface area contributed by atoms with Crippen molar-refractivity contribution in [3.63, 3.8) is 0 Å². The number of ether oxygens (including phenoxy) is 1. The third-order valence-corrected chi connectivity index (χ3v) is 2.91. The molecule has 1 unspecified atom stereocenters. The fraction of sp³-hybridized carbons (Fsp3) is 0.600. The van der Waals surface area contributed by atoms with Crippen LogP contribution in [0.15, 0.2) is 12.7 Å². The van der Waals surface area contributed by atoms with Crippen LogP contribution in [0.3, 0.4) is 0 Å². The van der Waals surface area contributed by atoms with Gasteiger partial charge in [0, 0.05) is 0 Å². The second-order valence-corrected chi connectivity index (χ2v) is 4.08. The molecule has 0 aromatic heterocycles. The summed E-state index contributed by atoms with van der Waals surface area (Å²) in [7, 11) is 0. The molecule has 17 heavy (non-hydrogen) atoms. The first-order chi connectivity index (χ1) is 7.49. The summed E-state index contributed by atoms with van der Waals surface area (Å²) in [6.07, 6.45) is 0.662. The van der Waals surface area contributed by atoms with Crippen LogP contribution < -0.4 is 0 Å². The van der Waals surface area contributed by atoms with Crippen LogP contribution in [0.4, 0.5) is 0 Å². The monoisotopic (exact) mass is 351 g/mol. The van der Waals surface area contributed by atoms with Crippen LogP contribution in [-0.2, 0) is 49.3 Å². The fourth-order valence-corrected chi connectivity index (χ4v) is 2.02. The molecule has 1 N–H and O–H groups in total. The first-order valence-corrected chi connectivity index (χ1v) is 5.37. The molecule has 5 nitrogen and oxygen atoms in total. The van der Waals surface area contributed by atoms with E-state index in [1.54, 1.807) is 0 Å². The summed E-state index contributed by atoms with van der Waals surface area (Å²) in [5, 5.41) is 8.72. The number of carbonyl (C=O) groups excluding carboxylic acids is 2. The SMILES string of the molecule is C=CCOC(=O)CN1C(=O)[C@H](C(C)O)[C@H]1[S-].[Ag+]. The minimum atomic E-state index is -0.782. The number of nitrogens with zero attached hydrogens (tertiary/aromatic N) is 1. The van der Waals surface area contributed by atoms with Gasteiger partial charge >= 0.3 is 28.3 Å². The third-order valence-electron chi connectivity index (χ3n) is 2.36. The van der Waals surface area contributed by atoms with Crippen molar-refractivity contribution in [2.45, 2.75) is 18.4 Å². The van der Waals surface area contributed by atoms with Crippen molar-refractivity contribution >= 4 is 24.5 Å². The van der Waals surface area contributed by atoms with E-state index in [-0.39, 0.29) is 41.4 Å². The molecule has 1 heterocycles. The van der Waals surface area contributed by atoms with Gasteiger partial charge in [-0.15, -0.1) is 0 Å². The molecule has 1 aliphatic heterocycles. The maximum Gasteiger partial charge on any atom is 1.00 e. The molecular weight excluding hydrogens is 338 g/mol. The molecule has 1 rings (SSSR count). The summed E-state index contributed by atoms with van der Waals surface area (Å²) in [6.45, 7) is 4.86. The van der Waals surface area contributed by atoms with Gasteiger partial charge in [0.05, 0.1) is 12.0 Å². The molecule has 1 saturated heterocycles. The average molecular weight is 352 g/mol. The number of esters is 1. The second-order valence-electron chi connectivity index (χ2n) is 3.59. The van der Waals surface area contributed by atoms with Crippen molar-refractivity contribution in [2.75, 3.05) is 13.2 Å². The van der Waals surface area contributed by atoms with E-state index in [0.29, 0.717) is 0 Å². The van der Waals surface area contributed by atoms with E-state index < -0.39 is 23.4 Å². The van der Waals surface area contributed by atoms with Crippen LogP contribution in [0.2, 0.25) is 0 Å². The summed E-state index contributed by atoms with van der Waals surface area (Å²) in [4.78, 5) is 23.9. The van der Waals surface area contributed by atoms with E-state index >= 15 is 0 Å². The molecule has 3 atom stereocenters. The van der Waals surface area contributed by atoms with Gasteiger partial charge in [-0.2, -0.15) is 0 Å². The molecule has 0 bridgehead atoms. The van der Waals surface area contributed by atoms with Crippen molar-refractivity contribution in [1.29, 1.82) is 0 Å². The van der Waals surface area contributed by atoms with Crippen LogP contribution >= 0.6 is 0 Å². The zero-order valence-electron chi connectivity index (χ0n) is 9.26. The van der Waals surface area contributed by atoms with Crippen LogP contribution in [0.5, 0.6) is 0 Å². The Hall–Kier alpha value is -0.270. The van der Waals surface area contributed by atoms with Gasteiger partial charge in [0.1, 0.15) is 13.2 Å². The summed E-state index contributed by atoms with van der Waals surface area (Å²) in [5.41, 5.74) is 0. The number of aliphatic hydroxyl groups excluding tert-OH is 1. The molecule has 1 aliphatic rings. The van der Waals surface area contributed by atoms with E-state index in [9.17, 15) is 14.7 Å². The Morgan fingerprint density at radius 3 is 2.76 bits per heavy atom. The van der Waals surface area contributed by atoms with Crippen LogP contribution in [-0.4, -0.2) is 46.5 Å². The van der Waals surface area contributed by atoms with Gasteiger partial charge in [0.15, 0.2) is 0 Å². The number of β-lactam (4-membered cyclic amide) rings is 1. The molecule has 0 spiro atoms. The third kappa shape index (κ3) is 3.86. The minimum Gasteiger partial charge on any atom is -0.767 e. The van der Waals surface area contributed by atoms with Gasteiger partial charge < -0.3 is 27.4 Å². The topological polar surface area (TPSA) is 66.8 Å². The molecule has 0 aliphatic carbocycles. The number of likely N-dealkylation sites (tertiary alicyclic amines) is 1. The normalized spacial score (nSPS) is 24.4. The Labute approximate surface area is 121 Å². The molecule has 1 fully saturated rings. The largest absolute Gasteiger partial charge is 1.00 e. The molecule has 1 amide bonds. The maximum atomic E-state index is 11.5. The summed E-state index contributed by atoms with van der Waals surface area (Å²) >= 11 is 5.01. The summed E-state index contributed by atoms with van der Waals surface area (Å²) in [6, 6.07) is 0. The number of carbonyl (C=O) groups is 2. The number of aliphatic hydroxyl groups is 1. The first kappa shape index (κ1) is 16.7. The molecule has 7 heteroatoms. The zero-order chi connectivity index (χ0) is 12.3. The van der Waals surface area contributed by atoms with E-state index in [1.807, 2.05) is 0 Å². The quantitative estimate of drug-likeness (QED) is 0.236. The van der Waals surface area contributed by atoms with Crippen LogP contribution in [0.1, 0.15) is 6.92 Å². The van der Waals surface area contributed by atoms with Crippen molar-refractivity contribution < 1.29 is 41.8 Å². The number of rotatable bonds is 5. The van der Waals surface area contributed by atoms with Gasteiger partial charge in [0.2, 0.25) is 5.91 Å². The van der Waals surface area contributed by atoms with Crippen molar-refractivity contribution in [3.05, 3.63) is 12.7 Å². The Kier molecular flexibility index (Phi) is 7.11. The molecular formula is C10H14AgNO4S. The van der Waals surface area contributed by atoms with Crippen molar-refractivity contribution in [3.8, 4) is 0 Å². The second kappa shape index (κ2) is 7.23. The smallest absolute Gasteiger partial charge is 0.767 e. The summed E-state index contributed by atoms with van der Waals surface area (Å²) in [5.74, 6) is -1.40. The maximum absolute atomic E-state index is 11.5. The number of amides is 1. The molecule has 0 aromatic carbocycles. The fourth-order valence-electron chi connectivity index (χ4n) is 1.50. The first-order valence-electron chi connectivity index (χ1n) is 4.90. The molecule has 0 saturated carbocycles. The van der Waals surface area contributed by atoms with Gasteiger partial charge in [-0.05, 0) is 6.92 Å². The van der Waals surface area contributed by atoms with Crippen LogP contribution in [0.25, 0.3) is 0 Å². The number of hydrogen-bond acceptors (Lipinski definition) is 5. The average Bonchev–Trinajstić information content (AvgIpc) is 2.22. The van der Waals surface area contributed by atoms with Gasteiger partial charge in [-0.25, -0.2) is 0 Å². The molecule has 100 valence electrons. The Bertz CT molecular complexity index is 311. The predicted molar refractivity (Wildman–Crippen MR) is 59.2 cm³/mol. The van der Waals surface area contributed by atoms with E-state index in [2.05, 4.69) is 6.58 Å². The zero-order valence-corrected chi connectivity index (χ0v) is 11.6. The van der Waals surface area contributed by atoms with E-state index in [1.165, 1.54) is 17.9 Å². The van der Waals surface area contributed by atoms with Gasteiger partial charge in [0.25, 0.3) is 0 Å². The van der Waals surface area contributed by atoms with Crippen LogP contribution in [0, 0.1) is 5.92 Å². The van der Waals surface area contributed by atoms with E-state index in [4.69, 9.17) is 17.4 Å². The standard InChI is InChI=1S/C10H15NO4S.Ag/c1-3-4-15-7(13)5-11-9(14)8(6(2)12)10(11)16;/h3,6,8,10,12,16H,1,4-5H2,2H3;/q;+1/p-1/t6?,8-,10+;/m0./s1. The van der Waals surface area contributed by atoms with Crippen molar-refractivity contribution in [1.82, 2.24) is 4.90 Å². The Morgan fingerprint density at radius 2 is 2.35 bits per heavy atom. The summed E-state index contributed by atoms with van der Waals surface area (Å²) < 4.78 is 4.73. The van der Waals surface area contributed by atoms with Gasteiger partial charge in [-0.3, -0.25) is 9.59 Å². The van der Waals surface area contributed by atoms with Crippen molar-refractivity contribution in [2.24, 2.45) is 5.92 Å². The van der Waals surface area contributed by atoms with Gasteiger partial charge in [-0.1, -0.05) is 18.0 Å². The minimum absolute atomic E-state index is 0. The molecule has 0 radical (unpaired) electrons. The number of hydrogen-bond donors (Lipinski definition) is 1. The predicted octanol–water partition coefficient (Wildman–Crippen LogP) is -0.575. The Balaban J connectivity index is 0.00000256. The van der Waals surface area contributed by atoms with E-state index in [0.717, 1.165) is 0 Å². The molecule has 0 aromatic rings. The Morgan fingerprint density at radius 1 is 1.76 bits per heavy atom.